The predicted octanol–water partition coefficient (Wildman–Crippen LogP) is 8.46. The molecule has 3 aromatic rings. The lowest BCUT2D eigenvalue weighted by molar-refractivity contribution is 0.0599. The van der Waals surface area contributed by atoms with Crippen molar-refractivity contribution >= 4 is 17.5 Å². The van der Waals surface area contributed by atoms with Gasteiger partial charge in [-0.15, -0.1) is 0 Å². The fraction of sp³-hybridized carbons (Fsp3) is 0.367. The minimum atomic E-state index is -0.582. The van der Waals surface area contributed by atoms with Gasteiger partial charge in [-0.25, -0.2) is 9.69 Å². The molecular weight excluding hydrogens is 406 g/mol. The van der Waals surface area contributed by atoms with Crippen LogP contribution in [0.5, 0.6) is 0 Å². The first-order valence-electron chi connectivity index (χ1n) is 12.0. The molecule has 3 aromatic carbocycles. The number of fused-ring (bicyclic) bond motifs is 3. The van der Waals surface area contributed by atoms with Crippen LogP contribution >= 0.6 is 0 Å². The zero-order valence-corrected chi connectivity index (χ0v) is 21.0. The third-order valence-corrected chi connectivity index (χ3v) is 6.83. The minimum Gasteiger partial charge on any atom is -0.443 e. The van der Waals surface area contributed by atoms with Crippen LogP contribution < -0.4 is 4.90 Å². The molecule has 1 aliphatic carbocycles. The lowest BCUT2D eigenvalue weighted by Crippen LogP contribution is -2.34. The molecule has 0 heterocycles. The van der Waals surface area contributed by atoms with Gasteiger partial charge in [0.1, 0.15) is 5.60 Å². The molecule has 0 radical (unpaired) electrons. The van der Waals surface area contributed by atoms with Crippen LogP contribution in [-0.2, 0) is 10.2 Å². The van der Waals surface area contributed by atoms with E-state index >= 15 is 0 Å². The highest BCUT2D eigenvalue weighted by atomic mass is 16.6. The average Bonchev–Trinajstić information content (AvgIpc) is 3.02. The molecule has 1 aliphatic rings. The SMILES string of the molecule is CCC1(CC)c2cc(C)ccc2-c2ccc(N(C(=O)OC(C)(C)C)c3ccc(C)cc3)cc21. The molecule has 0 bridgehead atoms. The Morgan fingerprint density at radius 3 is 1.88 bits per heavy atom. The largest absolute Gasteiger partial charge is 0.443 e. The van der Waals surface area contributed by atoms with E-state index < -0.39 is 5.60 Å². The molecule has 33 heavy (non-hydrogen) atoms. The fourth-order valence-electron chi connectivity index (χ4n) is 5.11. The Hall–Kier alpha value is -3.07. The summed E-state index contributed by atoms with van der Waals surface area (Å²) in [4.78, 5) is 15.1. The molecule has 0 aliphatic heterocycles. The van der Waals surface area contributed by atoms with Crippen LogP contribution in [0.2, 0.25) is 0 Å². The van der Waals surface area contributed by atoms with Crippen molar-refractivity contribution in [1.82, 2.24) is 0 Å². The Balaban J connectivity index is 1.89. The number of amides is 1. The number of anilines is 2. The molecule has 0 aromatic heterocycles. The van der Waals surface area contributed by atoms with Gasteiger partial charge in [0.05, 0.1) is 11.4 Å². The summed E-state index contributed by atoms with van der Waals surface area (Å²) in [6.45, 7) is 14.4. The zero-order chi connectivity index (χ0) is 24.0. The number of benzene rings is 3. The summed E-state index contributed by atoms with van der Waals surface area (Å²) in [6, 6.07) is 21.2. The summed E-state index contributed by atoms with van der Waals surface area (Å²) in [5, 5.41) is 0. The Kier molecular flexibility index (Phi) is 5.86. The molecule has 172 valence electrons. The Morgan fingerprint density at radius 2 is 1.30 bits per heavy atom. The number of hydrogen-bond donors (Lipinski definition) is 0. The molecule has 0 spiro atoms. The van der Waals surface area contributed by atoms with Gasteiger partial charge in [0, 0.05) is 5.41 Å². The van der Waals surface area contributed by atoms with Crippen LogP contribution in [0.3, 0.4) is 0 Å². The molecule has 4 rings (SSSR count). The maximum absolute atomic E-state index is 13.4. The number of nitrogens with zero attached hydrogens (tertiary/aromatic N) is 1. The second-order valence-electron chi connectivity index (χ2n) is 10.2. The van der Waals surface area contributed by atoms with Crippen molar-refractivity contribution in [2.45, 2.75) is 72.3 Å². The molecule has 1 amide bonds. The van der Waals surface area contributed by atoms with E-state index in [1.165, 1.54) is 27.8 Å². The molecule has 0 saturated carbocycles. The standard InChI is InChI=1S/C30H35NO2/c1-8-30(9-2)26-18-21(4)12-16-24(26)25-17-15-23(19-27(25)30)31(28(32)33-29(5,6)7)22-13-10-20(3)11-14-22/h10-19H,8-9H2,1-7H3. The van der Waals surface area contributed by atoms with Crippen molar-refractivity contribution in [3.05, 3.63) is 82.9 Å². The van der Waals surface area contributed by atoms with Crippen molar-refractivity contribution < 1.29 is 9.53 Å². The third kappa shape index (κ3) is 4.06. The summed E-state index contributed by atoms with van der Waals surface area (Å²) < 4.78 is 5.83. The monoisotopic (exact) mass is 441 g/mol. The van der Waals surface area contributed by atoms with E-state index in [0.29, 0.717) is 0 Å². The van der Waals surface area contributed by atoms with Crippen LogP contribution in [-0.4, -0.2) is 11.7 Å². The summed E-state index contributed by atoms with van der Waals surface area (Å²) in [5.74, 6) is 0. The normalized spacial score (nSPS) is 13.9. The highest BCUT2D eigenvalue weighted by Crippen LogP contribution is 2.54. The second-order valence-corrected chi connectivity index (χ2v) is 10.2. The quantitative estimate of drug-likeness (QED) is 0.406. The molecule has 3 nitrogen and oxygen atoms in total. The number of ether oxygens (including phenoxy) is 1. The van der Waals surface area contributed by atoms with Gasteiger partial charge in [-0.2, -0.15) is 0 Å². The van der Waals surface area contributed by atoms with E-state index in [0.717, 1.165) is 29.8 Å². The Labute approximate surface area is 198 Å². The summed E-state index contributed by atoms with van der Waals surface area (Å²) in [7, 11) is 0. The number of carbonyl (C=O) groups excluding carboxylic acids is 1. The molecule has 0 fully saturated rings. The molecule has 0 atom stereocenters. The number of hydrogen-bond acceptors (Lipinski definition) is 2. The molecule has 0 unspecified atom stereocenters. The van der Waals surface area contributed by atoms with Crippen molar-refractivity contribution in [3.63, 3.8) is 0 Å². The van der Waals surface area contributed by atoms with Crippen molar-refractivity contribution in [2.24, 2.45) is 0 Å². The van der Waals surface area contributed by atoms with Gasteiger partial charge in [-0.1, -0.05) is 61.4 Å². The van der Waals surface area contributed by atoms with Crippen molar-refractivity contribution in [1.29, 1.82) is 0 Å². The number of aryl methyl sites for hydroxylation is 2. The highest BCUT2D eigenvalue weighted by Gasteiger charge is 2.41. The third-order valence-electron chi connectivity index (χ3n) is 6.83. The van der Waals surface area contributed by atoms with Crippen LogP contribution in [0, 0.1) is 13.8 Å². The van der Waals surface area contributed by atoms with Gasteiger partial charge >= 0.3 is 6.09 Å². The van der Waals surface area contributed by atoms with E-state index in [1.54, 1.807) is 4.90 Å². The maximum Gasteiger partial charge on any atom is 0.419 e. The number of carbonyl (C=O) groups is 1. The molecular formula is C30H35NO2. The van der Waals surface area contributed by atoms with Gasteiger partial charge in [0.15, 0.2) is 0 Å². The predicted molar refractivity (Wildman–Crippen MR) is 138 cm³/mol. The molecule has 0 N–H and O–H groups in total. The lowest BCUT2D eigenvalue weighted by atomic mass is 9.73. The van der Waals surface area contributed by atoms with E-state index in [1.807, 2.05) is 58.0 Å². The van der Waals surface area contributed by atoms with Crippen LogP contribution in [0.4, 0.5) is 16.2 Å². The summed E-state index contributed by atoms with van der Waals surface area (Å²) in [5.41, 5.74) is 8.71. The van der Waals surface area contributed by atoms with Gasteiger partial charge < -0.3 is 4.74 Å². The van der Waals surface area contributed by atoms with Gasteiger partial charge in [0.2, 0.25) is 0 Å². The summed E-state index contributed by atoms with van der Waals surface area (Å²) >= 11 is 0. The first-order chi connectivity index (χ1) is 15.6. The van der Waals surface area contributed by atoms with Crippen LogP contribution in [0.25, 0.3) is 11.1 Å². The number of rotatable bonds is 4. The van der Waals surface area contributed by atoms with Gasteiger partial charge in [0.25, 0.3) is 0 Å². The van der Waals surface area contributed by atoms with Crippen molar-refractivity contribution in [2.75, 3.05) is 4.90 Å². The van der Waals surface area contributed by atoms with E-state index in [-0.39, 0.29) is 11.5 Å². The molecule has 0 saturated heterocycles. The minimum absolute atomic E-state index is 0.0560. The van der Waals surface area contributed by atoms with Gasteiger partial charge in [-0.05, 0) is 94.0 Å². The first kappa shape index (κ1) is 23.1. The smallest absolute Gasteiger partial charge is 0.419 e. The van der Waals surface area contributed by atoms with E-state index in [9.17, 15) is 4.79 Å². The van der Waals surface area contributed by atoms with Gasteiger partial charge in [-0.3, -0.25) is 0 Å². The molecule has 3 heteroatoms. The van der Waals surface area contributed by atoms with Crippen molar-refractivity contribution in [3.8, 4) is 11.1 Å². The second kappa shape index (κ2) is 8.37. The Morgan fingerprint density at radius 1 is 0.788 bits per heavy atom. The summed E-state index contributed by atoms with van der Waals surface area (Å²) in [6.07, 6.45) is 1.65. The Bertz CT molecular complexity index is 1180. The van der Waals surface area contributed by atoms with Crippen LogP contribution in [0.15, 0.2) is 60.7 Å². The average molecular weight is 442 g/mol. The first-order valence-corrected chi connectivity index (χ1v) is 12.0. The fourth-order valence-corrected chi connectivity index (χ4v) is 5.11. The topological polar surface area (TPSA) is 29.5 Å². The van der Waals surface area contributed by atoms with E-state index in [4.69, 9.17) is 4.74 Å². The highest BCUT2D eigenvalue weighted by molar-refractivity contribution is 5.97. The van der Waals surface area contributed by atoms with Crippen LogP contribution in [0.1, 0.15) is 69.7 Å². The lowest BCUT2D eigenvalue weighted by Gasteiger charge is -2.32. The zero-order valence-electron chi connectivity index (χ0n) is 21.0. The maximum atomic E-state index is 13.4. The van der Waals surface area contributed by atoms with E-state index in [2.05, 4.69) is 51.1 Å².